The standard InChI is InChI=1S/C13H16ClN3O3/c1-20-11-4-3-10(14)8-9(11)2-5-12(18)16-6-7-17-13(15)19/h2-5,8H,6-7H2,1H3,(H,16,18)(H3,15,17,19). The predicted octanol–water partition coefficient (Wildman–Crippen LogP) is 1.15. The molecule has 7 heteroatoms. The van der Waals surface area contributed by atoms with Gasteiger partial charge in [-0.15, -0.1) is 0 Å². The second-order valence-electron chi connectivity index (χ2n) is 3.80. The van der Waals surface area contributed by atoms with Crippen molar-refractivity contribution in [2.45, 2.75) is 0 Å². The Bertz CT molecular complexity index is 518. The molecular formula is C13H16ClN3O3. The van der Waals surface area contributed by atoms with Crippen molar-refractivity contribution in [3.8, 4) is 5.75 Å². The fourth-order valence-corrected chi connectivity index (χ4v) is 1.61. The summed E-state index contributed by atoms with van der Waals surface area (Å²) >= 11 is 5.88. The summed E-state index contributed by atoms with van der Waals surface area (Å²) in [4.78, 5) is 21.9. The van der Waals surface area contributed by atoms with E-state index in [2.05, 4.69) is 10.6 Å². The summed E-state index contributed by atoms with van der Waals surface area (Å²) in [5, 5.41) is 5.51. The number of urea groups is 1. The summed E-state index contributed by atoms with van der Waals surface area (Å²) in [5.74, 6) is 0.326. The molecule has 0 heterocycles. The molecule has 1 rings (SSSR count). The quantitative estimate of drug-likeness (QED) is 0.543. The number of hydrogen-bond acceptors (Lipinski definition) is 3. The van der Waals surface area contributed by atoms with E-state index in [1.807, 2.05) is 0 Å². The minimum Gasteiger partial charge on any atom is -0.496 e. The first kappa shape index (κ1) is 15.8. The first-order valence-corrected chi connectivity index (χ1v) is 6.23. The minimum atomic E-state index is -0.626. The first-order chi connectivity index (χ1) is 9.52. The van der Waals surface area contributed by atoms with Gasteiger partial charge < -0.3 is 21.1 Å². The molecule has 0 aliphatic carbocycles. The predicted molar refractivity (Wildman–Crippen MR) is 77.6 cm³/mol. The normalized spacial score (nSPS) is 10.3. The summed E-state index contributed by atoms with van der Waals surface area (Å²) in [7, 11) is 1.54. The second kappa shape index (κ2) is 8.06. The number of hydrogen-bond donors (Lipinski definition) is 3. The van der Waals surface area contributed by atoms with Crippen molar-refractivity contribution in [3.63, 3.8) is 0 Å². The number of methoxy groups -OCH3 is 1. The van der Waals surface area contributed by atoms with Gasteiger partial charge in [0.05, 0.1) is 7.11 Å². The van der Waals surface area contributed by atoms with Crippen molar-refractivity contribution >= 4 is 29.6 Å². The number of benzene rings is 1. The molecule has 1 aromatic carbocycles. The molecule has 3 amide bonds. The molecular weight excluding hydrogens is 282 g/mol. The Kier molecular flexibility index (Phi) is 6.39. The first-order valence-electron chi connectivity index (χ1n) is 5.85. The molecule has 1 aromatic rings. The Morgan fingerprint density at radius 2 is 2.05 bits per heavy atom. The highest BCUT2D eigenvalue weighted by Gasteiger charge is 2.01. The largest absolute Gasteiger partial charge is 0.496 e. The summed E-state index contributed by atoms with van der Waals surface area (Å²) in [6, 6.07) is 4.49. The van der Waals surface area contributed by atoms with Crippen LogP contribution in [0.5, 0.6) is 5.75 Å². The lowest BCUT2D eigenvalue weighted by Gasteiger charge is -2.05. The molecule has 0 spiro atoms. The smallest absolute Gasteiger partial charge is 0.312 e. The molecule has 0 aromatic heterocycles. The third-order valence-corrected chi connectivity index (χ3v) is 2.56. The average Bonchev–Trinajstić information content (AvgIpc) is 2.41. The van der Waals surface area contributed by atoms with Gasteiger partial charge in [0.25, 0.3) is 0 Å². The third-order valence-electron chi connectivity index (χ3n) is 2.33. The van der Waals surface area contributed by atoms with Crippen LogP contribution < -0.4 is 21.1 Å². The van der Waals surface area contributed by atoms with Crippen molar-refractivity contribution in [2.75, 3.05) is 20.2 Å². The Labute approximate surface area is 121 Å². The van der Waals surface area contributed by atoms with Crippen LogP contribution in [0.1, 0.15) is 5.56 Å². The van der Waals surface area contributed by atoms with Crippen LogP contribution in [0.4, 0.5) is 4.79 Å². The molecule has 0 saturated carbocycles. The molecule has 0 fully saturated rings. The van der Waals surface area contributed by atoms with Crippen LogP contribution in [0, 0.1) is 0 Å². The van der Waals surface area contributed by atoms with Crippen LogP contribution in [0.3, 0.4) is 0 Å². The van der Waals surface area contributed by atoms with E-state index in [0.717, 1.165) is 0 Å². The lowest BCUT2D eigenvalue weighted by atomic mass is 10.2. The molecule has 0 aliphatic rings. The fraction of sp³-hybridized carbons (Fsp3) is 0.231. The van der Waals surface area contributed by atoms with E-state index in [1.165, 1.54) is 13.2 Å². The summed E-state index contributed by atoms with van der Waals surface area (Å²) in [6.45, 7) is 0.564. The molecule has 0 saturated heterocycles. The van der Waals surface area contributed by atoms with Crippen molar-refractivity contribution in [3.05, 3.63) is 34.9 Å². The highest BCUT2D eigenvalue weighted by atomic mass is 35.5. The van der Waals surface area contributed by atoms with Crippen LogP contribution in [-0.4, -0.2) is 32.1 Å². The molecule has 20 heavy (non-hydrogen) atoms. The maximum Gasteiger partial charge on any atom is 0.312 e. The average molecular weight is 298 g/mol. The number of rotatable bonds is 6. The number of nitrogens with one attached hydrogen (secondary N) is 2. The lowest BCUT2D eigenvalue weighted by molar-refractivity contribution is -0.116. The Balaban J connectivity index is 2.52. The van der Waals surface area contributed by atoms with Gasteiger partial charge in [-0.25, -0.2) is 4.79 Å². The van der Waals surface area contributed by atoms with E-state index in [9.17, 15) is 9.59 Å². The van der Waals surface area contributed by atoms with Crippen LogP contribution in [-0.2, 0) is 4.79 Å². The zero-order chi connectivity index (χ0) is 15.0. The van der Waals surface area contributed by atoms with Crippen LogP contribution in [0.15, 0.2) is 24.3 Å². The maximum absolute atomic E-state index is 11.5. The lowest BCUT2D eigenvalue weighted by Crippen LogP contribution is -2.36. The van der Waals surface area contributed by atoms with Gasteiger partial charge in [0.15, 0.2) is 0 Å². The Morgan fingerprint density at radius 3 is 2.70 bits per heavy atom. The van der Waals surface area contributed by atoms with Gasteiger partial charge in [0.2, 0.25) is 5.91 Å². The van der Waals surface area contributed by atoms with E-state index in [4.69, 9.17) is 22.1 Å². The molecule has 0 aliphatic heterocycles. The van der Waals surface area contributed by atoms with Gasteiger partial charge in [-0.2, -0.15) is 0 Å². The molecule has 108 valence electrons. The van der Waals surface area contributed by atoms with Gasteiger partial charge in [0.1, 0.15) is 5.75 Å². The number of amides is 3. The van der Waals surface area contributed by atoms with E-state index in [-0.39, 0.29) is 12.5 Å². The molecule has 0 atom stereocenters. The van der Waals surface area contributed by atoms with Crippen molar-refractivity contribution in [1.82, 2.24) is 10.6 Å². The van der Waals surface area contributed by atoms with E-state index in [0.29, 0.717) is 22.9 Å². The summed E-state index contributed by atoms with van der Waals surface area (Å²) in [5.41, 5.74) is 5.59. The fourth-order valence-electron chi connectivity index (χ4n) is 1.43. The zero-order valence-electron chi connectivity index (χ0n) is 11.0. The SMILES string of the molecule is COc1ccc(Cl)cc1C=CC(=O)NCCNC(N)=O. The highest BCUT2D eigenvalue weighted by molar-refractivity contribution is 6.30. The van der Waals surface area contributed by atoms with Gasteiger partial charge >= 0.3 is 6.03 Å². The minimum absolute atomic E-state index is 0.273. The van der Waals surface area contributed by atoms with E-state index in [1.54, 1.807) is 24.3 Å². The highest BCUT2D eigenvalue weighted by Crippen LogP contribution is 2.23. The summed E-state index contributed by atoms with van der Waals surface area (Å²) < 4.78 is 5.15. The number of carbonyl (C=O) groups is 2. The van der Waals surface area contributed by atoms with Gasteiger partial charge in [0, 0.05) is 29.8 Å². The zero-order valence-corrected chi connectivity index (χ0v) is 11.7. The Hall–Kier alpha value is -2.21. The number of primary amides is 1. The van der Waals surface area contributed by atoms with Gasteiger partial charge in [-0.1, -0.05) is 11.6 Å². The monoisotopic (exact) mass is 297 g/mol. The number of ether oxygens (including phenoxy) is 1. The van der Waals surface area contributed by atoms with E-state index < -0.39 is 6.03 Å². The molecule has 6 nitrogen and oxygen atoms in total. The molecule has 0 radical (unpaired) electrons. The Morgan fingerprint density at radius 1 is 1.35 bits per heavy atom. The molecule has 4 N–H and O–H groups in total. The van der Waals surface area contributed by atoms with Crippen LogP contribution in [0.25, 0.3) is 6.08 Å². The van der Waals surface area contributed by atoms with Gasteiger partial charge in [-0.05, 0) is 24.3 Å². The van der Waals surface area contributed by atoms with Crippen molar-refractivity contribution in [1.29, 1.82) is 0 Å². The van der Waals surface area contributed by atoms with Crippen molar-refractivity contribution in [2.24, 2.45) is 5.73 Å². The maximum atomic E-state index is 11.5. The third kappa shape index (κ3) is 5.62. The molecule has 0 bridgehead atoms. The van der Waals surface area contributed by atoms with Gasteiger partial charge in [-0.3, -0.25) is 4.79 Å². The summed E-state index contributed by atoms with van der Waals surface area (Å²) in [6.07, 6.45) is 2.96. The topological polar surface area (TPSA) is 93.4 Å². The number of nitrogens with two attached hydrogens (primary N) is 1. The van der Waals surface area contributed by atoms with Crippen LogP contribution in [0.2, 0.25) is 5.02 Å². The van der Waals surface area contributed by atoms with E-state index >= 15 is 0 Å². The number of halogens is 1. The number of carbonyl (C=O) groups excluding carboxylic acids is 2. The second-order valence-corrected chi connectivity index (χ2v) is 4.24. The van der Waals surface area contributed by atoms with Crippen molar-refractivity contribution < 1.29 is 14.3 Å². The molecule has 0 unspecified atom stereocenters. The van der Waals surface area contributed by atoms with Crippen LogP contribution >= 0.6 is 11.6 Å².